The van der Waals surface area contributed by atoms with Crippen molar-refractivity contribution in [3.05, 3.63) is 60.7 Å². The Labute approximate surface area is 186 Å². The maximum absolute atomic E-state index is 6.53. The van der Waals surface area contributed by atoms with E-state index in [1.807, 2.05) is 60.7 Å². The molecule has 0 amide bonds. The summed E-state index contributed by atoms with van der Waals surface area (Å²) < 4.78 is 34.4. The molecule has 6 nitrogen and oxygen atoms in total. The van der Waals surface area contributed by atoms with Crippen LogP contribution in [-0.4, -0.2) is 35.5 Å². The average Bonchev–Trinajstić information content (AvgIpc) is 2.86. The summed E-state index contributed by atoms with van der Waals surface area (Å²) in [5.74, 6) is 3.60. The summed E-state index contributed by atoms with van der Waals surface area (Å²) in [6.07, 6.45) is 0. The van der Waals surface area contributed by atoms with Gasteiger partial charge in [0.05, 0.1) is 41.1 Å². The van der Waals surface area contributed by atoms with Crippen LogP contribution in [0.2, 0.25) is 0 Å². The molecule has 0 aliphatic rings. The fourth-order valence-electron chi connectivity index (χ4n) is 3.76. The highest BCUT2D eigenvalue weighted by Crippen LogP contribution is 2.46. The molecule has 0 fully saturated rings. The summed E-state index contributed by atoms with van der Waals surface area (Å²) >= 11 is 0. The molecule has 0 radical (unpaired) electrons. The zero-order valence-electron chi connectivity index (χ0n) is 18.7. The van der Waals surface area contributed by atoms with Crippen LogP contribution in [-0.2, 0) is 0 Å². The van der Waals surface area contributed by atoms with Gasteiger partial charge in [0.15, 0.2) is 11.5 Å². The minimum atomic E-state index is 0.549. The van der Waals surface area contributed by atoms with Crippen molar-refractivity contribution in [2.45, 2.75) is 0 Å². The number of rotatable bonds is 7. The van der Waals surface area contributed by atoms with Crippen LogP contribution in [0.25, 0.3) is 33.4 Å². The summed E-state index contributed by atoms with van der Waals surface area (Å²) in [6.45, 7) is 0. The van der Waals surface area contributed by atoms with Crippen molar-refractivity contribution in [3.8, 4) is 51.2 Å². The predicted molar refractivity (Wildman–Crippen MR) is 124 cm³/mol. The van der Waals surface area contributed by atoms with E-state index in [9.17, 15) is 0 Å². The molecule has 0 bridgehead atoms. The van der Waals surface area contributed by atoms with Gasteiger partial charge in [-0.3, -0.25) is 0 Å². The van der Waals surface area contributed by atoms with Crippen LogP contribution in [0.4, 0.5) is 0 Å². The smallest absolute Gasteiger partial charge is 0.402 e. The van der Waals surface area contributed by atoms with Gasteiger partial charge in [0.1, 0.15) is 22.4 Å². The molecule has 1 heterocycles. The molecule has 32 heavy (non-hydrogen) atoms. The first kappa shape index (κ1) is 21.3. The SMILES string of the molecule is COc1ccc(-c2[o+]c3c(-c4ccccc4)c(OC)cc(OC)c3cc2OC)cc1OC. The molecule has 0 aliphatic carbocycles. The number of methoxy groups -OCH3 is 5. The standard InChI is InChI=1S/C26H25O6/c1-27-19-12-11-17(13-21(19)29-3)25-23(31-5)14-18-20(28-2)15-22(30-4)24(26(18)32-25)16-9-7-6-8-10-16/h6-15H,1-5H3/q+1. The van der Waals surface area contributed by atoms with Gasteiger partial charge < -0.3 is 23.7 Å². The molecule has 0 unspecified atom stereocenters. The van der Waals surface area contributed by atoms with E-state index < -0.39 is 0 Å². The normalized spacial score (nSPS) is 10.7. The Hall–Kier alpha value is -3.93. The summed E-state index contributed by atoms with van der Waals surface area (Å²) in [4.78, 5) is 0. The lowest BCUT2D eigenvalue weighted by molar-refractivity contribution is 0.355. The van der Waals surface area contributed by atoms with Crippen LogP contribution in [0, 0.1) is 0 Å². The Morgan fingerprint density at radius 3 is 1.81 bits per heavy atom. The Morgan fingerprint density at radius 2 is 1.19 bits per heavy atom. The fraction of sp³-hybridized carbons (Fsp3) is 0.192. The van der Waals surface area contributed by atoms with Crippen LogP contribution in [0.1, 0.15) is 0 Å². The van der Waals surface area contributed by atoms with Crippen LogP contribution >= 0.6 is 0 Å². The van der Waals surface area contributed by atoms with Crippen LogP contribution < -0.4 is 23.7 Å². The molecular weight excluding hydrogens is 408 g/mol. The zero-order chi connectivity index (χ0) is 22.7. The molecule has 1 aromatic heterocycles. The second kappa shape index (κ2) is 9.06. The van der Waals surface area contributed by atoms with E-state index in [1.165, 1.54) is 0 Å². The number of benzene rings is 3. The van der Waals surface area contributed by atoms with Crippen molar-refractivity contribution in [3.63, 3.8) is 0 Å². The van der Waals surface area contributed by atoms with Gasteiger partial charge in [0, 0.05) is 18.2 Å². The van der Waals surface area contributed by atoms with E-state index in [2.05, 4.69) is 0 Å². The third-order valence-electron chi connectivity index (χ3n) is 5.32. The highest BCUT2D eigenvalue weighted by atomic mass is 16.5. The van der Waals surface area contributed by atoms with Crippen LogP contribution in [0.3, 0.4) is 0 Å². The van der Waals surface area contributed by atoms with Crippen molar-refractivity contribution < 1.29 is 28.1 Å². The van der Waals surface area contributed by atoms with Crippen molar-refractivity contribution in [1.29, 1.82) is 0 Å². The topological polar surface area (TPSA) is 57.5 Å². The van der Waals surface area contributed by atoms with E-state index in [1.54, 1.807) is 35.5 Å². The molecule has 0 N–H and O–H groups in total. The van der Waals surface area contributed by atoms with Gasteiger partial charge in [-0.15, -0.1) is 0 Å². The molecule has 164 valence electrons. The van der Waals surface area contributed by atoms with E-state index in [0.717, 1.165) is 22.1 Å². The number of ether oxygens (including phenoxy) is 5. The Bertz CT molecular complexity index is 1250. The highest BCUT2D eigenvalue weighted by molar-refractivity contribution is 6.01. The van der Waals surface area contributed by atoms with Gasteiger partial charge >= 0.3 is 11.3 Å². The molecule has 0 atom stereocenters. The summed E-state index contributed by atoms with van der Waals surface area (Å²) in [5.41, 5.74) is 3.19. The highest BCUT2D eigenvalue weighted by Gasteiger charge is 2.30. The molecule has 0 spiro atoms. The molecule has 3 aromatic carbocycles. The summed E-state index contributed by atoms with van der Waals surface area (Å²) in [7, 11) is 8.05. The van der Waals surface area contributed by atoms with Crippen molar-refractivity contribution in [1.82, 2.24) is 0 Å². The Kier molecular flexibility index (Phi) is 6.03. The van der Waals surface area contributed by atoms with Crippen LogP contribution in [0.15, 0.2) is 65.1 Å². The van der Waals surface area contributed by atoms with E-state index in [0.29, 0.717) is 40.1 Å². The summed E-state index contributed by atoms with van der Waals surface area (Å²) in [5, 5.41) is 0.772. The third-order valence-corrected chi connectivity index (χ3v) is 5.32. The largest absolute Gasteiger partial charge is 0.496 e. The molecular formula is C26H25O6+. The second-order valence-corrected chi connectivity index (χ2v) is 6.98. The fourth-order valence-corrected chi connectivity index (χ4v) is 3.76. The Balaban J connectivity index is 2.08. The van der Waals surface area contributed by atoms with E-state index in [-0.39, 0.29) is 0 Å². The molecule has 0 saturated heterocycles. The van der Waals surface area contributed by atoms with Crippen LogP contribution in [0.5, 0.6) is 28.7 Å². The predicted octanol–water partition coefficient (Wildman–Crippen LogP) is 6.09. The van der Waals surface area contributed by atoms with Gasteiger partial charge in [-0.25, -0.2) is 4.42 Å². The monoisotopic (exact) mass is 433 g/mol. The summed E-state index contributed by atoms with van der Waals surface area (Å²) in [6, 6.07) is 19.3. The molecule has 0 aliphatic heterocycles. The molecule has 4 rings (SSSR count). The quantitative estimate of drug-likeness (QED) is 0.329. The van der Waals surface area contributed by atoms with E-state index in [4.69, 9.17) is 28.1 Å². The van der Waals surface area contributed by atoms with Crippen molar-refractivity contribution in [2.75, 3.05) is 35.5 Å². The lowest BCUT2D eigenvalue weighted by atomic mass is 10.00. The number of hydrogen-bond acceptors (Lipinski definition) is 5. The zero-order valence-corrected chi connectivity index (χ0v) is 18.7. The van der Waals surface area contributed by atoms with Crippen molar-refractivity contribution in [2.24, 2.45) is 0 Å². The Morgan fingerprint density at radius 1 is 0.531 bits per heavy atom. The van der Waals surface area contributed by atoms with Gasteiger partial charge in [-0.2, -0.15) is 0 Å². The van der Waals surface area contributed by atoms with Gasteiger partial charge in [-0.05, 0) is 17.7 Å². The maximum atomic E-state index is 6.53. The molecule has 4 aromatic rings. The van der Waals surface area contributed by atoms with Crippen molar-refractivity contribution >= 4 is 11.0 Å². The minimum absolute atomic E-state index is 0.549. The lowest BCUT2D eigenvalue weighted by Crippen LogP contribution is -1.96. The molecule has 6 heteroatoms. The first-order chi connectivity index (χ1) is 15.6. The number of fused-ring (bicyclic) bond motifs is 1. The number of hydrogen-bond donors (Lipinski definition) is 0. The first-order valence-corrected chi connectivity index (χ1v) is 10.0. The molecule has 0 saturated carbocycles. The van der Waals surface area contributed by atoms with Gasteiger partial charge in [-0.1, -0.05) is 30.3 Å². The third kappa shape index (κ3) is 3.64. The van der Waals surface area contributed by atoms with Gasteiger partial charge in [0.25, 0.3) is 0 Å². The maximum Gasteiger partial charge on any atom is 0.402 e. The average molecular weight is 433 g/mol. The van der Waals surface area contributed by atoms with Gasteiger partial charge in [0.2, 0.25) is 5.75 Å². The van der Waals surface area contributed by atoms with E-state index >= 15 is 0 Å². The minimum Gasteiger partial charge on any atom is -0.496 e. The first-order valence-electron chi connectivity index (χ1n) is 10.0. The second-order valence-electron chi connectivity index (χ2n) is 6.98. The lowest BCUT2D eigenvalue weighted by Gasteiger charge is -2.12.